The molecule has 0 radical (unpaired) electrons. The molecule has 0 unspecified atom stereocenters. The molecule has 0 atom stereocenters. The molecule has 8 rings (SSSR count). The van der Waals surface area contributed by atoms with Crippen molar-refractivity contribution < 1.29 is 4.42 Å². The fourth-order valence-electron chi connectivity index (χ4n) is 5.44. The quantitative estimate of drug-likeness (QED) is 0.228. The second kappa shape index (κ2) is 8.61. The first kappa shape index (κ1) is 21.7. The molecule has 0 fully saturated rings. The lowest BCUT2D eigenvalue weighted by Crippen LogP contribution is -2.00. The lowest BCUT2D eigenvalue weighted by Gasteiger charge is -2.08. The van der Waals surface area contributed by atoms with Gasteiger partial charge in [-0.1, -0.05) is 103 Å². The summed E-state index contributed by atoms with van der Waals surface area (Å²) < 4.78 is 6.33. The minimum absolute atomic E-state index is 0.629. The Hall–Kier alpha value is -5.35. The monoisotopic (exact) mass is 499 g/mol. The Morgan fingerprint density at radius 1 is 0.385 bits per heavy atom. The highest BCUT2D eigenvalue weighted by atomic mass is 16.3. The highest BCUT2D eigenvalue weighted by molar-refractivity contribution is 6.26. The van der Waals surface area contributed by atoms with Crippen LogP contribution in [0, 0.1) is 0 Å². The molecule has 39 heavy (non-hydrogen) atoms. The van der Waals surface area contributed by atoms with E-state index in [1.807, 2.05) is 72.8 Å². The first-order valence-electron chi connectivity index (χ1n) is 13.0. The maximum Gasteiger partial charge on any atom is 0.164 e. The third-order valence-corrected chi connectivity index (χ3v) is 7.30. The SMILES string of the molecule is c1ccc(-c2nc(-c3ccccc3)nc(-c3ccc4oc5ccc6ccc7ccccc7c6c5c4c3)n2)cc1. The van der Waals surface area contributed by atoms with E-state index in [-0.39, 0.29) is 0 Å². The Morgan fingerprint density at radius 2 is 0.949 bits per heavy atom. The van der Waals surface area contributed by atoms with Crippen molar-refractivity contribution in [3.05, 3.63) is 127 Å². The van der Waals surface area contributed by atoms with E-state index in [0.29, 0.717) is 17.5 Å². The molecule has 0 spiro atoms. The van der Waals surface area contributed by atoms with E-state index in [1.54, 1.807) is 0 Å². The van der Waals surface area contributed by atoms with Crippen LogP contribution in [0.1, 0.15) is 0 Å². The number of aromatic nitrogens is 3. The number of furan rings is 1. The Labute approximate surface area is 224 Å². The van der Waals surface area contributed by atoms with Gasteiger partial charge < -0.3 is 4.42 Å². The normalized spacial score (nSPS) is 11.6. The third kappa shape index (κ3) is 3.57. The highest BCUT2D eigenvalue weighted by Gasteiger charge is 2.16. The molecular formula is C35H21N3O. The van der Waals surface area contributed by atoms with Gasteiger partial charge in [0, 0.05) is 32.8 Å². The number of hydrogen-bond donors (Lipinski definition) is 0. The lowest BCUT2D eigenvalue weighted by molar-refractivity contribution is 0.669. The van der Waals surface area contributed by atoms with Crippen molar-refractivity contribution in [1.82, 2.24) is 15.0 Å². The smallest absolute Gasteiger partial charge is 0.164 e. The van der Waals surface area contributed by atoms with Crippen LogP contribution in [0.15, 0.2) is 132 Å². The molecule has 6 aromatic carbocycles. The molecule has 0 saturated carbocycles. The average molecular weight is 500 g/mol. The first-order chi connectivity index (χ1) is 19.3. The summed E-state index contributed by atoms with van der Waals surface area (Å²) in [5, 5.41) is 6.97. The second-order valence-electron chi connectivity index (χ2n) is 9.67. The van der Waals surface area contributed by atoms with Crippen molar-refractivity contribution in [1.29, 1.82) is 0 Å². The standard InChI is InChI=1S/C35H21N3O/c1-3-10-24(11-4-1)33-36-34(25-12-5-2-6-13-25)38-35(37-33)26-18-19-29-28(21-26)32-30(39-29)20-17-23-16-15-22-9-7-8-14-27(22)31(23)32/h1-21H. The molecule has 0 aliphatic carbocycles. The predicted octanol–water partition coefficient (Wildman–Crippen LogP) is 9.08. The molecule has 0 amide bonds. The fourth-order valence-corrected chi connectivity index (χ4v) is 5.44. The molecule has 2 aromatic heterocycles. The van der Waals surface area contributed by atoms with Crippen LogP contribution in [0.2, 0.25) is 0 Å². The second-order valence-corrected chi connectivity index (χ2v) is 9.67. The molecule has 4 nitrogen and oxygen atoms in total. The zero-order chi connectivity index (χ0) is 25.8. The molecular weight excluding hydrogens is 478 g/mol. The van der Waals surface area contributed by atoms with Crippen LogP contribution in [0.4, 0.5) is 0 Å². The minimum atomic E-state index is 0.629. The Bertz CT molecular complexity index is 2110. The summed E-state index contributed by atoms with van der Waals surface area (Å²) in [6.07, 6.45) is 0. The van der Waals surface area contributed by atoms with Crippen molar-refractivity contribution in [2.75, 3.05) is 0 Å². The molecule has 182 valence electrons. The van der Waals surface area contributed by atoms with Gasteiger partial charge in [-0.15, -0.1) is 0 Å². The van der Waals surface area contributed by atoms with E-state index >= 15 is 0 Å². The number of fused-ring (bicyclic) bond motifs is 7. The summed E-state index contributed by atoms with van der Waals surface area (Å²) in [5.74, 6) is 1.92. The molecule has 4 heteroatoms. The van der Waals surface area contributed by atoms with Crippen LogP contribution in [-0.4, -0.2) is 15.0 Å². The van der Waals surface area contributed by atoms with E-state index < -0.39 is 0 Å². The van der Waals surface area contributed by atoms with Crippen molar-refractivity contribution in [3.63, 3.8) is 0 Å². The average Bonchev–Trinajstić information content (AvgIpc) is 3.39. The van der Waals surface area contributed by atoms with Gasteiger partial charge in [0.25, 0.3) is 0 Å². The Morgan fingerprint density at radius 3 is 1.67 bits per heavy atom. The summed E-state index contributed by atoms with van der Waals surface area (Å²) in [6.45, 7) is 0. The summed E-state index contributed by atoms with van der Waals surface area (Å²) in [4.78, 5) is 14.7. The summed E-state index contributed by atoms with van der Waals surface area (Å²) in [7, 11) is 0. The maximum atomic E-state index is 6.33. The van der Waals surface area contributed by atoms with Gasteiger partial charge in [-0.2, -0.15) is 0 Å². The Balaban J connectivity index is 1.41. The summed E-state index contributed by atoms with van der Waals surface area (Å²) in [5.41, 5.74) is 4.53. The van der Waals surface area contributed by atoms with E-state index in [1.165, 1.54) is 21.5 Å². The number of rotatable bonds is 3. The Kier molecular flexibility index (Phi) is 4.79. The highest BCUT2D eigenvalue weighted by Crippen LogP contribution is 2.39. The topological polar surface area (TPSA) is 51.8 Å². The molecule has 0 aliphatic rings. The van der Waals surface area contributed by atoms with Gasteiger partial charge in [0.15, 0.2) is 17.5 Å². The van der Waals surface area contributed by atoms with Crippen molar-refractivity contribution >= 4 is 43.5 Å². The predicted molar refractivity (Wildman–Crippen MR) is 158 cm³/mol. The van der Waals surface area contributed by atoms with Crippen LogP contribution < -0.4 is 0 Å². The zero-order valence-corrected chi connectivity index (χ0v) is 20.9. The van der Waals surface area contributed by atoms with Crippen molar-refractivity contribution in [2.45, 2.75) is 0 Å². The molecule has 0 saturated heterocycles. The van der Waals surface area contributed by atoms with Gasteiger partial charge in [0.2, 0.25) is 0 Å². The van der Waals surface area contributed by atoms with Crippen LogP contribution >= 0.6 is 0 Å². The van der Waals surface area contributed by atoms with E-state index in [0.717, 1.165) is 38.6 Å². The number of hydrogen-bond acceptors (Lipinski definition) is 4. The van der Waals surface area contributed by atoms with E-state index in [9.17, 15) is 0 Å². The van der Waals surface area contributed by atoms with Crippen LogP contribution in [0.5, 0.6) is 0 Å². The van der Waals surface area contributed by atoms with E-state index in [2.05, 4.69) is 54.6 Å². The summed E-state index contributed by atoms with van der Waals surface area (Å²) >= 11 is 0. The zero-order valence-electron chi connectivity index (χ0n) is 20.9. The van der Waals surface area contributed by atoms with Crippen molar-refractivity contribution in [3.8, 4) is 34.2 Å². The van der Waals surface area contributed by atoms with Gasteiger partial charge in [0.1, 0.15) is 11.2 Å². The third-order valence-electron chi connectivity index (χ3n) is 7.30. The van der Waals surface area contributed by atoms with Crippen LogP contribution in [-0.2, 0) is 0 Å². The van der Waals surface area contributed by atoms with E-state index in [4.69, 9.17) is 19.4 Å². The lowest BCUT2D eigenvalue weighted by atomic mass is 9.97. The molecule has 0 N–H and O–H groups in total. The number of benzene rings is 6. The van der Waals surface area contributed by atoms with Crippen LogP contribution in [0.3, 0.4) is 0 Å². The maximum absolute atomic E-state index is 6.33. The van der Waals surface area contributed by atoms with Crippen LogP contribution in [0.25, 0.3) is 77.6 Å². The number of nitrogens with zero attached hydrogens (tertiary/aromatic N) is 3. The van der Waals surface area contributed by atoms with Gasteiger partial charge in [-0.25, -0.2) is 15.0 Å². The first-order valence-corrected chi connectivity index (χ1v) is 13.0. The minimum Gasteiger partial charge on any atom is -0.456 e. The van der Waals surface area contributed by atoms with Crippen molar-refractivity contribution in [2.24, 2.45) is 0 Å². The molecule has 2 heterocycles. The largest absolute Gasteiger partial charge is 0.456 e. The fraction of sp³-hybridized carbons (Fsp3) is 0. The summed E-state index contributed by atoms with van der Waals surface area (Å²) in [6, 6.07) is 43.4. The molecule has 8 aromatic rings. The van der Waals surface area contributed by atoms with Gasteiger partial charge in [-0.05, 0) is 40.4 Å². The molecule has 0 aliphatic heterocycles. The van der Waals surface area contributed by atoms with Gasteiger partial charge >= 0.3 is 0 Å². The van der Waals surface area contributed by atoms with Gasteiger partial charge in [-0.3, -0.25) is 0 Å². The van der Waals surface area contributed by atoms with Gasteiger partial charge in [0.05, 0.1) is 0 Å². The molecule has 0 bridgehead atoms.